The van der Waals surface area contributed by atoms with Gasteiger partial charge in [0.2, 0.25) is 0 Å². The van der Waals surface area contributed by atoms with Crippen molar-refractivity contribution in [2.24, 2.45) is 0 Å². The predicted molar refractivity (Wildman–Crippen MR) is 275 cm³/mol. The van der Waals surface area contributed by atoms with Gasteiger partial charge in [-0.15, -0.1) is 0 Å². The van der Waals surface area contributed by atoms with Gasteiger partial charge in [0, 0.05) is 13.0 Å². The van der Waals surface area contributed by atoms with Crippen molar-refractivity contribution >= 4 is 13.8 Å². The SMILES string of the molecule is CC/C=C\C/C=C\C/C=C\C/C=C\C/C=C\CCCCCCOCC(COP(=O)(O)OCC[N+](C)(C)C)OC(=O)CCCCCCCCCCCCCCCCCCCCCCCC. The largest absolute Gasteiger partial charge is 0.472 e. The first-order valence-corrected chi connectivity index (χ1v) is 28.0. The number of likely N-dealkylation sites (N-methyl/N-ethyl adjacent to an activating group) is 1. The lowest BCUT2D eigenvalue weighted by Gasteiger charge is -2.24. The van der Waals surface area contributed by atoms with E-state index in [1.165, 1.54) is 122 Å². The number of rotatable bonds is 49. The molecule has 2 unspecified atom stereocenters. The Bertz CT molecular complexity index is 1210. The second-order valence-corrected chi connectivity index (χ2v) is 20.3. The first-order valence-electron chi connectivity index (χ1n) is 26.5. The van der Waals surface area contributed by atoms with E-state index in [9.17, 15) is 14.3 Å². The average Bonchev–Trinajstić information content (AvgIpc) is 3.25. The molecule has 374 valence electrons. The molecule has 1 N–H and O–H groups in total. The first-order chi connectivity index (χ1) is 31.1. The summed E-state index contributed by atoms with van der Waals surface area (Å²) >= 11 is 0. The van der Waals surface area contributed by atoms with Gasteiger partial charge in [0.1, 0.15) is 19.3 Å². The summed E-state index contributed by atoms with van der Waals surface area (Å²) in [5.41, 5.74) is 0. The van der Waals surface area contributed by atoms with Gasteiger partial charge in [-0.2, -0.15) is 0 Å². The highest BCUT2D eigenvalue weighted by Gasteiger charge is 2.26. The van der Waals surface area contributed by atoms with Crippen molar-refractivity contribution in [2.75, 3.05) is 54.1 Å². The number of esters is 1. The Kier molecular flexibility index (Phi) is 46.3. The molecule has 0 fully saturated rings. The topological polar surface area (TPSA) is 91.3 Å². The van der Waals surface area contributed by atoms with Crippen LogP contribution in [0.15, 0.2) is 60.8 Å². The van der Waals surface area contributed by atoms with Crippen LogP contribution in [0.2, 0.25) is 0 Å². The van der Waals surface area contributed by atoms with Crippen molar-refractivity contribution in [2.45, 2.75) is 232 Å². The smallest absolute Gasteiger partial charge is 0.457 e. The number of ether oxygens (including phenoxy) is 2. The third-order valence-electron chi connectivity index (χ3n) is 11.3. The Morgan fingerprint density at radius 1 is 0.500 bits per heavy atom. The highest BCUT2D eigenvalue weighted by molar-refractivity contribution is 7.47. The average molecular weight is 921 g/mol. The maximum Gasteiger partial charge on any atom is 0.472 e. The molecular weight excluding hydrogens is 818 g/mol. The van der Waals surface area contributed by atoms with Crippen molar-refractivity contribution in [3.05, 3.63) is 60.8 Å². The minimum atomic E-state index is -4.29. The van der Waals surface area contributed by atoms with Crippen molar-refractivity contribution in [1.29, 1.82) is 0 Å². The zero-order valence-electron chi connectivity index (χ0n) is 42.5. The molecule has 8 nitrogen and oxygen atoms in total. The lowest BCUT2D eigenvalue weighted by atomic mass is 10.0. The van der Waals surface area contributed by atoms with Gasteiger partial charge >= 0.3 is 13.8 Å². The quantitative estimate of drug-likeness (QED) is 0.0214. The number of nitrogens with zero attached hydrogens (tertiary/aromatic N) is 1. The Morgan fingerprint density at radius 3 is 1.36 bits per heavy atom. The van der Waals surface area contributed by atoms with Gasteiger partial charge < -0.3 is 18.9 Å². The summed E-state index contributed by atoms with van der Waals surface area (Å²) in [4.78, 5) is 23.0. The molecule has 0 aliphatic rings. The fourth-order valence-corrected chi connectivity index (χ4v) is 8.03. The zero-order valence-corrected chi connectivity index (χ0v) is 43.4. The predicted octanol–water partition coefficient (Wildman–Crippen LogP) is 16.4. The van der Waals surface area contributed by atoms with Crippen LogP contribution < -0.4 is 0 Å². The molecule has 9 heteroatoms. The fourth-order valence-electron chi connectivity index (χ4n) is 7.29. The Hall–Kier alpha value is -1.80. The molecular formula is C55H103NO7P+. The van der Waals surface area contributed by atoms with Crippen LogP contribution in [0.3, 0.4) is 0 Å². The number of carbonyl (C=O) groups is 1. The molecule has 0 aromatic rings. The number of phosphoric acid groups is 1. The minimum Gasteiger partial charge on any atom is -0.457 e. The lowest BCUT2D eigenvalue weighted by Crippen LogP contribution is -2.37. The van der Waals surface area contributed by atoms with Crippen molar-refractivity contribution in [3.8, 4) is 0 Å². The first kappa shape index (κ1) is 62.2. The second kappa shape index (κ2) is 47.7. The van der Waals surface area contributed by atoms with E-state index in [1.54, 1.807) is 0 Å². The van der Waals surface area contributed by atoms with Gasteiger partial charge in [0.25, 0.3) is 0 Å². The van der Waals surface area contributed by atoms with Crippen LogP contribution in [-0.2, 0) is 27.9 Å². The zero-order chi connectivity index (χ0) is 46.9. The molecule has 0 saturated heterocycles. The van der Waals surface area contributed by atoms with Gasteiger partial charge in [0.15, 0.2) is 0 Å². The summed E-state index contributed by atoms with van der Waals surface area (Å²) < 4.78 is 35.2. The standard InChI is InChI=1S/C55H102NO7P/c1-6-8-10-12-14-16-18-20-22-24-26-28-29-30-32-34-36-38-40-42-44-46-48-55(57)63-54(53-62-64(58,59)61-51-49-56(3,4)5)52-60-50-47-45-43-41-39-37-35-33-31-27-25-23-21-19-17-15-13-11-9-7-2/h9,11,15,17,21,23,27,31,35,37,54H,6-8,10,12-14,16,18-20,22,24-26,28-30,32-34,36,38-53H2,1-5H3/p+1/b11-9-,17-15-,23-21-,31-27-,37-35-. The maximum absolute atomic E-state index is 12.8. The van der Waals surface area contributed by atoms with Gasteiger partial charge in [-0.25, -0.2) is 4.57 Å². The Balaban J connectivity index is 4.16. The van der Waals surface area contributed by atoms with Gasteiger partial charge in [-0.05, 0) is 57.8 Å². The van der Waals surface area contributed by atoms with E-state index in [2.05, 4.69) is 74.6 Å². The highest BCUT2D eigenvalue weighted by atomic mass is 31.2. The van der Waals surface area contributed by atoms with E-state index in [0.717, 1.165) is 83.5 Å². The van der Waals surface area contributed by atoms with Gasteiger partial charge in [0.05, 0.1) is 34.4 Å². The van der Waals surface area contributed by atoms with E-state index >= 15 is 0 Å². The Labute approximate surface area is 396 Å². The van der Waals surface area contributed by atoms with Crippen molar-refractivity contribution in [1.82, 2.24) is 0 Å². The third kappa shape index (κ3) is 51.2. The van der Waals surface area contributed by atoms with E-state index in [1.807, 2.05) is 21.1 Å². The van der Waals surface area contributed by atoms with Gasteiger partial charge in [-0.1, -0.05) is 222 Å². The number of allylic oxidation sites excluding steroid dienone is 10. The maximum atomic E-state index is 12.8. The summed E-state index contributed by atoms with van der Waals surface area (Å²) in [6, 6.07) is 0. The third-order valence-corrected chi connectivity index (χ3v) is 12.3. The monoisotopic (exact) mass is 921 g/mol. The van der Waals surface area contributed by atoms with Crippen LogP contribution in [-0.4, -0.2) is 75.6 Å². The number of phosphoric ester groups is 1. The second-order valence-electron chi connectivity index (χ2n) is 18.9. The normalized spacial score (nSPS) is 14.0. The van der Waals surface area contributed by atoms with Gasteiger partial charge in [-0.3, -0.25) is 13.8 Å². The summed E-state index contributed by atoms with van der Waals surface area (Å²) in [7, 11) is 1.65. The van der Waals surface area contributed by atoms with E-state index in [0.29, 0.717) is 24.1 Å². The van der Waals surface area contributed by atoms with Crippen LogP contribution in [0.1, 0.15) is 226 Å². The number of quaternary nitrogens is 1. The van der Waals surface area contributed by atoms with Crippen LogP contribution in [0, 0.1) is 0 Å². The van der Waals surface area contributed by atoms with Crippen LogP contribution in [0.4, 0.5) is 0 Å². The van der Waals surface area contributed by atoms with Crippen molar-refractivity contribution < 1.29 is 37.3 Å². The minimum absolute atomic E-state index is 0.0822. The highest BCUT2D eigenvalue weighted by Crippen LogP contribution is 2.43. The summed E-state index contributed by atoms with van der Waals surface area (Å²) in [6.07, 6.45) is 61.3. The number of unbranched alkanes of at least 4 members (excludes halogenated alkanes) is 25. The molecule has 64 heavy (non-hydrogen) atoms. The van der Waals surface area contributed by atoms with E-state index < -0.39 is 13.9 Å². The summed E-state index contributed by atoms with van der Waals surface area (Å²) in [5.74, 6) is -0.320. The molecule has 0 rings (SSSR count). The van der Waals surface area contributed by atoms with Crippen LogP contribution in [0.5, 0.6) is 0 Å². The summed E-state index contributed by atoms with van der Waals surface area (Å²) in [5, 5.41) is 0. The molecule has 0 aromatic heterocycles. The molecule has 0 amide bonds. The van der Waals surface area contributed by atoms with E-state index in [4.69, 9.17) is 18.5 Å². The van der Waals surface area contributed by atoms with Crippen molar-refractivity contribution in [3.63, 3.8) is 0 Å². The molecule has 0 aliphatic heterocycles. The Morgan fingerprint density at radius 2 is 0.906 bits per heavy atom. The molecule has 0 bridgehead atoms. The molecule has 0 radical (unpaired) electrons. The number of carbonyl (C=O) groups excluding carboxylic acids is 1. The molecule has 2 atom stereocenters. The number of hydrogen-bond donors (Lipinski definition) is 1. The van der Waals surface area contributed by atoms with Crippen LogP contribution in [0.25, 0.3) is 0 Å². The fraction of sp³-hybridized carbons (Fsp3) is 0.800. The molecule has 0 aromatic carbocycles. The molecule has 0 saturated carbocycles. The summed E-state index contributed by atoms with van der Waals surface area (Å²) in [6.45, 7) is 5.47. The molecule has 0 aliphatic carbocycles. The van der Waals surface area contributed by atoms with E-state index in [-0.39, 0.29) is 25.8 Å². The molecule has 0 spiro atoms. The number of hydrogen-bond acceptors (Lipinski definition) is 6. The lowest BCUT2D eigenvalue weighted by molar-refractivity contribution is -0.870. The van der Waals surface area contributed by atoms with Crippen LogP contribution >= 0.6 is 7.82 Å². The molecule has 0 heterocycles.